The highest BCUT2D eigenvalue weighted by molar-refractivity contribution is 7.89. The summed E-state index contributed by atoms with van der Waals surface area (Å²) in [5.74, 6) is -0.165. The number of benzene rings is 2. The third-order valence-corrected chi connectivity index (χ3v) is 8.30. The van der Waals surface area contributed by atoms with Crippen LogP contribution in [0.25, 0.3) is 22.0 Å². The van der Waals surface area contributed by atoms with E-state index in [0.717, 1.165) is 46.0 Å². The monoisotopic (exact) mass is 470 g/mol. The van der Waals surface area contributed by atoms with Crippen molar-refractivity contribution in [3.8, 4) is 11.1 Å². The fraction of sp³-hybridized carbons (Fsp3) is 0.375. The highest BCUT2D eigenvalue weighted by Crippen LogP contribution is 2.37. The van der Waals surface area contributed by atoms with Crippen molar-refractivity contribution >= 4 is 26.8 Å². The zero-order chi connectivity index (χ0) is 23.6. The van der Waals surface area contributed by atoms with E-state index in [9.17, 15) is 13.2 Å². The van der Waals surface area contributed by atoms with E-state index in [4.69, 9.17) is 10.6 Å². The van der Waals surface area contributed by atoms with Crippen LogP contribution < -0.4 is 11.2 Å². The molecule has 4 rings (SSSR count). The van der Waals surface area contributed by atoms with Crippen LogP contribution in [-0.4, -0.2) is 49.6 Å². The Morgan fingerprint density at radius 1 is 1.21 bits per heavy atom. The van der Waals surface area contributed by atoms with Gasteiger partial charge in [-0.25, -0.2) is 12.7 Å². The Bertz CT molecular complexity index is 1260. The lowest BCUT2D eigenvalue weighted by Crippen LogP contribution is -2.38. The number of primary amides is 1. The fourth-order valence-corrected chi connectivity index (χ4v) is 5.73. The van der Waals surface area contributed by atoms with E-state index < -0.39 is 15.9 Å². The molecule has 4 N–H and O–H groups in total. The molecule has 0 aliphatic carbocycles. The summed E-state index contributed by atoms with van der Waals surface area (Å²) in [6.45, 7) is 3.24. The number of piperidine rings is 1. The summed E-state index contributed by atoms with van der Waals surface area (Å²) in [4.78, 5) is 20.5. The number of hydroxylamine groups is 1. The van der Waals surface area contributed by atoms with Crippen molar-refractivity contribution < 1.29 is 18.0 Å². The van der Waals surface area contributed by atoms with Gasteiger partial charge in [0.25, 0.3) is 5.91 Å². The van der Waals surface area contributed by atoms with E-state index in [0.29, 0.717) is 25.2 Å². The Morgan fingerprint density at radius 2 is 1.97 bits per heavy atom. The van der Waals surface area contributed by atoms with Gasteiger partial charge in [0.2, 0.25) is 10.0 Å². The molecule has 1 saturated heterocycles. The molecule has 33 heavy (non-hydrogen) atoms. The molecule has 0 saturated carbocycles. The van der Waals surface area contributed by atoms with Gasteiger partial charge in [-0.3, -0.25) is 4.79 Å². The number of nitrogens with two attached hydrogens (primary N) is 1. The van der Waals surface area contributed by atoms with E-state index in [2.05, 4.69) is 22.6 Å². The maximum atomic E-state index is 12.3. The third-order valence-electron chi connectivity index (χ3n) is 6.42. The van der Waals surface area contributed by atoms with Crippen LogP contribution in [0, 0.1) is 0 Å². The maximum absolute atomic E-state index is 12.3. The highest BCUT2D eigenvalue weighted by Gasteiger charge is 2.29. The standard InChI is InChI=1S/C24H30N4O4S/c1-3-33(30,31)28-9-7-17(8-10-28)22-15-26-23-20(22)12-19(13-21(23)24(25)29)18-6-4-5-16(11-18)14-27-32-2/h4-6,11-13,15,17,26-27H,3,7-10,14H2,1-2H3,(H2,25,29). The number of amides is 1. The first-order chi connectivity index (χ1) is 15.8. The lowest BCUT2D eigenvalue weighted by molar-refractivity contribution is 0.0867. The highest BCUT2D eigenvalue weighted by atomic mass is 32.2. The van der Waals surface area contributed by atoms with Crippen LogP contribution in [-0.2, 0) is 21.4 Å². The molecule has 0 atom stereocenters. The molecule has 3 aromatic rings. The Morgan fingerprint density at radius 3 is 2.64 bits per heavy atom. The SMILES string of the molecule is CCS(=O)(=O)N1CCC(c2c[nH]c3c(C(N)=O)cc(-c4cccc(CNOC)c4)cc23)CC1. The predicted octanol–water partition coefficient (Wildman–Crippen LogP) is 3.11. The van der Waals surface area contributed by atoms with Gasteiger partial charge in [-0.1, -0.05) is 18.2 Å². The van der Waals surface area contributed by atoms with E-state index in [1.807, 2.05) is 30.5 Å². The van der Waals surface area contributed by atoms with Crippen molar-refractivity contribution in [2.75, 3.05) is 26.0 Å². The lowest BCUT2D eigenvalue weighted by atomic mass is 9.88. The number of fused-ring (bicyclic) bond motifs is 1. The number of H-pyrrole nitrogens is 1. The fourth-order valence-electron chi connectivity index (χ4n) is 4.60. The number of aromatic amines is 1. The molecule has 1 aliphatic heterocycles. The van der Waals surface area contributed by atoms with Gasteiger partial charge < -0.3 is 15.6 Å². The summed E-state index contributed by atoms with van der Waals surface area (Å²) in [6.07, 6.45) is 3.41. The molecule has 2 heterocycles. The summed E-state index contributed by atoms with van der Waals surface area (Å²) in [5.41, 5.74) is 13.8. The van der Waals surface area contributed by atoms with Crippen molar-refractivity contribution in [1.29, 1.82) is 0 Å². The third kappa shape index (κ3) is 4.81. The number of carbonyl (C=O) groups excluding carboxylic acids is 1. The molecule has 176 valence electrons. The van der Waals surface area contributed by atoms with E-state index in [1.54, 1.807) is 18.3 Å². The van der Waals surface area contributed by atoms with Crippen LogP contribution in [0.1, 0.15) is 47.2 Å². The van der Waals surface area contributed by atoms with Crippen molar-refractivity contribution in [3.05, 3.63) is 59.3 Å². The summed E-state index contributed by atoms with van der Waals surface area (Å²) >= 11 is 0. The zero-order valence-electron chi connectivity index (χ0n) is 18.9. The number of carbonyl (C=O) groups is 1. The summed E-state index contributed by atoms with van der Waals surface area (Å²) in [5, 5.41) is 0.957. The number of sulfonamides is 1. The molecule has 2 aromatic carbocycles. The van der Waals surface area contributed by atoms with Gasteiger partial charge in [0, 0.05) is 31.2 Å². The Kier molecular flexibility index (Phi) is 6.85. The molecule has 8 nitrogen and oxygen atoms in total. The molecule has 1 fully saturated rings. The van der Waals surface area contributed by atoms with Crippen LogP contribution in [0.2, 0.25) is 0 Å². The molecular formula is C24H30N4O4S. The number of hydrogen-bond acceptors (Lipinski definition) is 5. The van der Waals surface area contributed by atoms with Crippen LogP contribution in [0.5, 0.6) is 0 Å². The minimum absolute atomic E-state index is 0.120. The first kappa shape index (κ1) is 23.4. The normalized spacial score (nSPS) is 15.8. The Balaban J connectivity index is 1.71. The quantitative estimate of drug-likeness (QED) is 0.437. The summed E-state index contributed by atoms with van der Waals surface area (Å²) in [7, 11) is -1.60. The van der Waals surface area contributed by atoms with Gasteiger partial charge in [-0.05, 0) is 66.1 Å². The number of nitrogens with one attached hydrogen (secondary N) is 2. The van der Waals surface area contributed by atoms with E-state index in [1.165, 1.54) is 0 Å². The molecule has 0 bridgehead atoms. The van der Waals surface area contributed by atoms with Crippen molar-refractivity contribution in [3.63, 3.8) is 0 Å². The van der Waals surface area contributed by atoms with Gasteiger partial charge in [-0.2, -0.15) is 5.48 Å². The molecule has 9 heteroatoms. The molecule has 0 spiro atoms. The predicted molar refractivity (Wildman–Crippen MR) is 129 cm³/mol. The van der Waals surface area contributed by atoms with Crippen molar-refractivity contribution in [2.24, 2.45) is 5.73 Å². The van der Waals surface area contributed by atoms with Crippen LogP contribution in [0.4, 0.5) is 0 Å². The second-order valence-corrected chi connectivity index (χ2v) is 10.6. The number of aromatic nitrogens is 1. The average Bonchev–Trinajstić information content (AvgIpc) is 3.26. The summed E-state index contributed by atoms with van der Waals surface area (Å²) in [6, 6.07) is 11.9. The first-order valence-corrected chi connectivity index (χ1v) is 12.7. The molecule has 0 unspecified atom stereocenters. The minimum atomic E-state index is -3.18. The molecule has 1 aromatic heterocycles. The molecule has 0 radical (unpaired) electrons. The number of hydrogen-bond donors (Lipinski definition) is 3. The Labute approximate surface area is 194 Å². The average molecular weight is 471 g/mol. The van der Waals surface area contributed by atoms with Crippen molar-refractivity contribution in [2.45, 2.75) is 32.2 Å². The van der Waals surface area contributed by atoms with Crippen LogP contribution in [0.3, 0.4) is 0 Å². The van der Waals surface area contributed by atoms with Gasteiger partial charge >= 0.3 is 0 Å². The molecular weight excluding hydrogens is 440 g/mol. The van der Waals surface area contributed by atoms with E-state index in [-0.39, 0.29) is 11.7 Å². The second kappa shape index (κ2) is 9.64. The van der Waals surface area contributed by atoms with Crippen LogP contribution >= 0.6 is 0 Å². The topological polar surface area (TPSA) is 118 Å². The molecule has 1 aliphatic rings. The molecule has 1 amide bonds. The van der Waals surface area contributed by atoms with Gasteiger partial charge in [-0.15, -0.1) is 0 Å². The number of rotatable bonds is 8. The smallest absolute Gasteiger partial charge is 0.250 e. The first-order valence-electron chi connectivity index (χ1n) is 11.1. The summed E-state index contributed by atoms with van der Waals surface area (Å²) < 4.78 is 26.0. The van der Waals surface area contributed by atoms with Gasteiger partial charge in [0.1, 0.15) is 0 Å². The maximum Gasteiger partial charge on any atom is 0.250 e. The van der Waals surface area contributed by atoms with E-state index >= 15 is 0 Å². The van der Waals surface area contributed by atoms with Gasteiger partial charge in [0.15, 0.2) is 0 Å². The number of nitrogens with zero attached hydrogens (tertiary/aromatic N) is 1. The van der Waals surface area contributed by atoms with Crippen LogP contribution in [0.15, 0.2) is 42.6 Å². The zero-order valence-corrected chi connectivity index (χ0v) is 19.7. The van der Waals surface area contributed by atoms with Gasteiger partial charge in [0.05, 0.1) is 23.9 Å². The largest absolute Gasteiger partial charge is 0.366 e. The Hall–Kier alpha value is -2.72. The lowest BCUT2D eigenvalue weighted by Gasteiger charge is -2.31. The van der Waals surface area contributed by atoms with Crippen molar-refractivity contribution in [1.82, 2.24) is 14.8 Å². The minimum Gasteiger partial charge on any atom is -0.366 e. The second-order valence-electron chi connectivity index (χ2n) is 8.35.